The third-order valence-electron chi connectivity index (χ3n) is 2.60. The topological polar surface area (TPSA) is 87.3 Å². The Balaban J connectivity index is 2.65. The largest absolute Gasteiger partial charge is 0.352 e. The van der Waals surface area contributed by atoms with Crippen LogP contribution < -0.4 is 16.0 Å². The van der Waals surface area contributed by atoms with E-state index in [9.17, 15) is 14.4 Å². The van der Waals surface area contributed by atoms with Gasteiger partial charge in [-0.15, -0.1) is 0 Å². The zero-order valence-corrected chi connectivity index (χ0v) is 12.7. The molecule has 0 aromatic heterocycles. The summed E-state index contributed by atoms with van der Waals surface area (Å²) in [5.74, 6) is -0.830. The molecule has 0 aliphatic carbocycles. The van der Waals surface area contributed by atoms with E-state index in [0.717, 1.165) is 0 Å². The number of anilines is 1. The predicted octanol–water partition coefficient (Wildman–Crippen LogP) is 1.55. The molecule has 0 atom stereocenters. The van der Waals surface area contributed by atoms with Crippen molar-refractivity contribution >= 4 is 35.0 Å². The van der Waals surface area contributed by atoms with Crippen LogP contribution >= 0.6 is 11.6 Å². The van der Waals surface area contributed by atoms with Crippen LogP contribution in [0.25, 0.3) is 0 Å². The molecule has 21 heavy (non-hydrogen) atoms. The fourth-order valence-electron chi connectivity index (χ4n) is 1.54. The molecule has 0 unspecified atom stereocenters. The third-order valence-corrected chi connectivity index (χ3v) is 2.91. The van der Waals surface area contributed by atoms with Crippen molar-refractivity contribution in [2.75, 3.05) is 18.4 Å². The molecule has 0 saturated carbocycles. The maximum Gasteiger partial charge on any atom is 0.252 e. The van der Waals surface area contributed by atoms with Gasteiger partial charge >= 0.3 is 0 Å². The Morgan fingerprint density at radius 1 is 1.10 bits per heavy atom. The zero-order valence-electron chi connectivity index (χ0n) is 12.0. The minimum Gasteiger partial charge on any atom is -0.352 e. The van der Waals surface area contributed by atoms with E-state index in [2.05, 4.69) is 16.0 Å². The normalized spacial score (nSPS) is 9.86. The second kappa shape index (κ2) is 8.26. The summed E-state index contributed by atoms with van der Waals surface area (Å²) in [5.41, 5.74) is 0.805. The minimum atomic E-state index is -0.362. The number of hydrogen-bond donors (Lipinski definition) is 3. The first-order valence-corrected chi connectivity index (χ1v) is 7.00. The standard InChI is InChI=1S/C14H18ClN3O3/c1-3-12(19)17-8-13(20)18-9-5-6-10(11(15)7-9)14(21)16-4-2/h5-7H,3-4,8H2,1-2H3,(H,16,21)(H,17,19)(H,18,20). The first-order chi connectivity index (χ1) is 9.97. The maximum absolute atomic E-state index is 11.7. The molecular formula is C14H18ClN3O3. The molecule has 0 radical (unpaired) electrons. The summed E-state index contributed by atoms with van der Waals surface area (Å²) in [7, 11) is 0. The van der Waals surface area contributed by atoms with Gasteiger partial charge in [0, 0.05) is 18.7 Å². The second-order valence-electron chi connectivity index (χ2n) is 4.23. The Hall–Kier alpha value is -2.08. The first-order valence-electron chi connectivity index (χ1n) is 6.62. The van der Waals surface area contributed by atoms with Gasteiger partial charge in [-0.05, 0) is 25.1 Å². The van der Waals surface area contributed by atoms with Gasteiger partial charge in [-0.25, -0.2) is 0 Å². The highest BCUT2D eigenvalue weighted by atomic mass is 35.5. The van der Waals surface area contributed by atoms with E-state index >= 15 is 0 Å². The molecule has 7 heteroatoms. The van der Waals surface area contributed by atoms with E-state index in [1.807, 2.05) is 6.92 Å². The number of rotatable bonds is 6. The average Bonchev–Trinajstić information content (AvgIpc) is 2.45. The van der Waals surface area contributed by atoms with Crippen molar-refractivity contribution < 1.29 is 14.4 Å². The van der Waals surface area contributed by atoms with Crippen LogP contribution in [0.1, 0.15) is 30.6 Å². The van der Waals surface area contributed by atoms with Crippen LogP contribution in [-0.2, 0) is 9.59 Å². The molecule has 0 bridgehead atoms. The molecule has 114 valence electrons. The van der Waals surface area contributed by atoms with Crippen LogP contribution in [0.4, 0.5) is 5.69 Å². The number of nitrogens with one attached hydrogen (secondary N) is 3. The van der Waals surface area contributed by atoms with Gasteiger partial charge < -0.3 is 16.0 Å². The average molecular weight is 312 g/mol. The van der Waals surface area contributed by atoms with Gasteiger partial charge in [-0.3, -0.25) is 14.4 Å². The number of carbonyl (C=O) groups excluding carboxylic acids is 3. The van der Waals surface area contributed by atoms with Crippen molar-refractivity contribution in [1.82, 2.24) is 10.6 Å². The molecular weight excluding hydrogens is 294 g/mol. The zero-order chi connectivity index (χ0) is 15.8. The molecule has 0 spiro atoms. The number of carbonyl (C=O) groups is 3. The van der Waals surface area contributed by atoms with Crippen molar-refractivity contribution in [1.29, 1.82) is 0 Å². The van der Waals surface area contributed by atoms with E-state index in [1.54, 1.807) is 13.0 Å². The summed E-state index contributed by atoms with van der Waals surface area (Å²) in [6.45, 7) is 3.91. The minimum absolute atomic E-state index is 0.109. The molecule has 0 aliphatic heterocycles. The summed E-state index contributed by atoms with van der Waals surface area (Å²) in [4.78, 5) is 34.3. The molecule has 0 saturated heterocycles. The SMILES string of the molecule is CCNC(=O)c1ccc(NC(=O)CNC(=O)CC)cc1Cl. The second-order valence-corrected chi connectivity index (χ2v) is 4.64. The van der Waals surface area contributed by atoms with Crippen LogP contribution in [0.5, 0.6) is 0 Å². The predicted molar refractivity (Wildman–Crippen MR) is 81.4 cm³/mol. The highest BCUT2D eigenvalue weighted by molar-refractivity contribution is 6.34. The number of amides is 3. The van der Waals surface area contributed by atoms with Gasteiger partial charge in [-0.2, -0.15) is 0 Å². The molecule has 0 fully saturated rings. The van der Waals surface area contributed by atoms with Gasteiger partial charge in [0.2, 0.25) is 11.8 Å². The molecule has 1 aromatic carbocycles. The van der Waals surface area contributed by atoms with Gasteiger partial charge in [0.05, 0.1) is 17.1 Å². The van der Waals surface area contributed by atoms with Crippen molar-refractivity contribution in [3.8, 4) is 0 Å². The van der Waals surface area contributed by atoms with Crippen molar-refractivity contribution in [3.63, 3.8) is 0 Å². The van der Waals surface area contributed by atoms with Crippen molar-refractivity contribution in [3.05, 3.63) is 28.8 Å². The number of halogens is 1. The monoisotopic (exact) mass is 311 g/mol. The van der Waals surface area contributed by atoms with Crippen LogP contribution in [0, 0.1) is 0 Å². The highest BCUT2D eigenvalue weighted by Crippen LogP contribution is 2.20. The van der Waals surface area contributed by atoms with E-state index < -0.39 is 0 Å². The maximum atomic E-state index is 11.7. The van der Waals surface area contributed by atoms with E-state index in [4.69, 9.17) is 11.6 Å². The smallest absolute Gasteiger partial charge is 0.252 e. The van der Waals surface area contributed by atoms with Gasteiger partial charge in [0.25, 0.3) is 5.91 Å². The van der Waals surface area contributed by atoms with Crippen LogP contribution in [0.2, 0.25) is 5.02 Å². The molecule has 3 amide bonds. The summed E-state index contributed by atoms with van der Waals surface area (Å²) >= 11 is 6.01. The molecule has 1 aromatic rings. The molecule has 0 aliphatic rings. The Kier molecular flexibility index (Phi) is 6.68. The van der Waals surface area contributed by atoms with Crippen molar-refractivity contribution in [2.24, 2.45) is 0 Å². The third kappa shape index (κ3) is 5.43. The summed E-state index contributed by atoms with van der Waals surface area (Å²) in [6, 6.07) is 4.61. The lowest BCUT2D eigenvalue weighted by molar-refractivity contribution is -0.123. The molecule has 0 heterocycles. The Morgan fingerprint density at radius 3 is 2.38 bits per heavy atom. The lowest BCUT2D eigenvalue weighted by Gasteiger charge is -2.09. The summed E-state index contributed by atoms with van der Waals surface area (Å²) in [5, 5.41) is 7.95. The van der Waals surface area contributed by atoms with Crippen molar-refractivity contribution in [2.45, 2.75) is 20.3 Å². The number of hydrogen-bond acceptors (Lipinski definition) is 3. The Morgan fingerprint density at radius 2 is 1.81 bits per heavy atom. The quantitative estimate of drug-likeness (QED) is 0.745. The molecule has 1 rings (SSSR count). The fraction of sp³-hybridized carbons (Fsp3) is 0.357. The molecule has 3 N–H and O–H groups in total. The van der Waals surface area contributed by atoms with Gasteiger partial charge in [0.15, 0.2) is 0 Å². The van der Waals surface area contributed by atoms with Crippen LogP contribution in [0.3, 0.4) is 0 Å². The van der Waals surface area contributed by atoms with E-state index in [1.165, 1.54) is 12.1 Å². The van der Waals surface area contributed by atoms with E-state index in [-0.39, 0.29) is 29.3 Å². The fourth-order valence-corrected chi connectivity index (χ4v) is 1.81. The van der Waals surface area contributed by atoms with Crippen LogP contribution in [-0.4, -0.2) is 30.8 Å². The summed E-state index contributed by atoms with van der Waals surface area (Å²) in [6.07, 6.45) is 0.320. The highest BCUT2D eigenvalue weighted by Gasteiger charge is 2.11. The lowest BCUT2D eigenvalue weighted by atomic mass is 10.2. The summed E-state index contributed by atoms with van der Waals surface area (Å²) < 4.78 is 0. The molecule has 6 nitrogen and oxygen atoms in total. The van der Waals surface area contributed by atoms with E-state index in [0.29, 0.717) is 24.2 Å². The lowest BCUT2D eigenvalue weighted by Crippen LogP contribution is -2.32. The van der Waals surface area contributed by atoms with Gasteiger partial charge in [0.1, 0.15) is 0 Å². The Labute approximate surface area is 128 Å². The number of benzene rings is 1. The van der Waals surface area contributed by atoms with Crippen LogP contribution in [0.15, 0.2) is 18.2 Å². The van der Waals surface area contributed by atoms with Gasteiger partial charge in [-0.1, -0.05) is 18.5 Å². The Bertz CT molecular complexity index is 546. The first kappa shape index (κ1) is 17.0.